The maximum Gasteiger partial charge on any atom is 0.328 e. The summed E-state index contributed by atoms with van der Waals surface area (Å²) >= 11 is 1.69. The molecule has 0 unspecified atom stereocenters. The van der Waals surface area contributed by atoms with Gasteiger partial charge in [-0.3, -0.25) is 4.90 Å². The Morgan fingerprint density at radius 1 is 1.40 bits per heavy atom. The number of nitrogens with zero attached hydrogens (tertiary/aromatic N) is 2. The lowest BCUT2D eigenvalue weighted by Gasteiger charge is -2.20. The van der Waals surface area contributed by atoms with Crippen LogP contribution in [0.25, 0.3) is 6.08 Å². The van der Waals surface area contributed by atoms with Crippen LogP contribution in [0.2, 0.25) is 0 Å². The second-order valence-electron chi connectivity index (χ2n) is 5.04. The Bertz CT molecular complexity index is 441. The van der Waals surface area contributed by atoms with E-state index in [-0.39, 0.29) is 0 Å². The van der Waals surface area contributed by atoms with Gasteiger partial charge in [-0.1, -0.05) is 6.92 Å². The van der Waals surface area contributed by atoms with Crippen LogP contribution in [0.3, 0.4) is 0 Å². The van der Waals surface area contributed by atoms with Crippen molar-refractivity contribution in [2.75, 3.05) is 33.7 Å². The van der Waals surface area contributed by atoms with Crippen LogP contribution in [-0.2, 0) is 11.3 Å². The number of carbonyl (C=O) groups is 1. The van der Waals surface area contributed by atoms with Crippen LogP contribution >= 0.6 is 11.3 Å². The first-order valence-electron chi connectivity index (χ1n) is 6.86. The summed E-state index contributed by atoms with van der Waals surface area (Å²) in [7, 11) is 4.19. The Morgan fingerprint density at radius 3 is 2.75 bits per heavy atom. The third kappa shape index (κ3) is 6.84. The lowest BCUT2D eigenvalue weighted by atomic mass is 10.2. The van der Waals surface area contributed by atoms with Crippen molar-refractivity contribution in [3.05, 3.63) is 28.0 Å². The number of carboxylic acid groups (broad SMARTS) is 1. The maximum absolute atomic E-state index is 10.5. The second-order valence-corrected chi connectivity index (χ2v) is 6.04. The number of carboxylic acids is 1. The minimum Gasteiger partial charge on any atom is -0.478 e. The van der Waals surface area contributed by atoms with Gasteiger partial charge in [0.15, 0.2) is 0 Å². The fraction of sp³-hybridized carbons (Fsp3) is 0.533. The molecule has 0 amide bonds. The number of rotatable bonds is 9. The fourth-order valence-electron chi connectivity index (χ4n) is 1.92. The summed E-state index contributed by atoms with van der Waals surface area (Å²) in [4.78, 5) is 16.4. The monoisotopic (exact) mass is 296 g/mol. The molecule has 1 rings (SSSR count). The van der Waals surface area contributed by atoms with Crippen LogP contribution in [0.15, 0.2) is 17.5 Å². The number of thiophene rings is 1. The van der Waals surface area contributed by atoms with Crippen molar-refractivity contribution in [2.45, 2.75) is 19.9 Å². The van der Waals surface area contributed by atoms with Gasteiger partial charge in [0.1, 0.15) is 0 Å². The van der Waals surface area contributed by atoms with E-state index in [0.717, 1.165) is 38.2 Å². The molecular formula is C15H24N2O2S. The van der Waals surface area contributed by atoms with Crippen LogP contribution in [-0.4, -0.2) is 54.6 Å². The predicted octanol–water partition coefficient (Wildman–Crippen LogP) is 2.62. The molecule has 0 fully saturated rings. The summed E-state index contributed by atoms with van der Waals surface area (Å²) < 4.78 is 0. The maximum atomic E-state index is 10.5. The first kappa shape index (κ1) is 16.9. The Kier molecular flexibility index (Phi) is 7.51. The van der Waals surface area contributed by atoms with Crippen LogP contribution in [0.1, 0.15) is 23.8 Å². The average molecular weight is 296 g/mol. The van der Waals surface area contributed by atoms with Gasteiger partial charge in [0.2, 0.25) is 0 Å². The fourth-order valence-corrected chi connectivity index (χ4v) is 2.81. The lowest BCUT2D eigenvalue weighted by molar-refractivity contribution is -0.131. The Morgan fingerprint density at radius 2 is 2.15 bits per heavy atom. The molecule has 5 heteroatoms. The Hall–Kier alpha value is -1.17. The van der Waals surface area contributed by atoms with Gasteiger partial charge in [0.05, 0.1) is 0 Å². The van der Waals surface area contributed by atoms with E-state index in [0.29, 0.717) is 0 Å². The summed E-state index contributed by atoms with van der Waals surface area (Å²) in [5.74, 6) is -0.906. The standard InChI is InChI=1S/C15H24N2O2S/c1-4-17(9-5-8-16(2)3)11-14-10-13(12-20-14)6-7-15(18)19/h6-7,10,12H,4-5,8-9,11H2,1-3H3,(H,18,19)/b7-6+. The lowest BCUT2D eigenvalue weighted by Crippen LogP contribution is -2.26. The molecule has 0 saturated heterocycles. The van der Waals surface area contributed by atoms with E-state index in [1.54, 1.807) is 17.4 Å². The molecule has 1 aromatic rings. The Labute approximate surface area is 125 Å². The van der Waals surface area contributed by atoms with Crippen LogP contribution in [0, 0.1) is 0 Å². The topological polar surface area (TPSA) is 43.8 Å². The molecule has 0 aliphatic heterocycles. The number of hydrogen-bond donors (Lipinski definition) is 1. The molecule has 0 atom stereocenters. The second kappa shape index (κ2) is 8.89. The van der Waals surface area contributed by atoms with E-state index in [1.807, 2.05) is 5.38 Å². The van der Waals surface area contributed by atoms with Gasteiger partial charge in [-0.25, -0.2) is 4.79 Å². The molecule has 0 bridgehead atoms. The van der Waals surface area contributed by atoms with Crippen molar-refractivity contribution in [3.63, 3.8) is 0 Å². The minimum atomic E-state index is -0.906. The predicted molar refractivity (Wildman–Crippen MR) is 85.1 cm³/mol. The van der Waals surface area contributed by atoms with Gasteiger partial charge in [-0.2, -0.15) is 0 Å². The van der Waals surface area contributed by atoms with Crippen molar-refractivity contribution in [2.24, 2.45) is 0 Å². The molecule has 1 aromatic heterocycles. The minimum absolute atomic E-state index is 0.906. The first-order chi connectivity index (χ1) is 9.51. The third-order valence-electron chi connectivity index (χ3n) is 3.00. The molecule has 112 valence electrons. The average Bonchev–Trinajstić information content (AvgIpc) is 2.82. The zero-order valence-electron chi connectivity index (χ0n) is 12.5. The van der Waals surface area contributed by atoms with E-state index < -0.39 is 5.97 Å². The van der Waals surface area contributed by atoms with Crippen LogP contribution in [0.5, 0.6) is 0 Å². The molecule has 0 aromatic carbocycles. The summed E-state index contributed by atoms with van der Waals surface area (Å²) in [5, 5.41) is 10.6. The SMILES string of the molecule is CCN(CCCN(C)C)Cc1cc(/C=C/C(=O)O)cs1. The van der Waals surface area contributed by atoms with Crippen LogP contribution in [0.4, 0.5) is 0 Å². The molecule has 4 nitrogen and oxygen atoms in total. The van der Waals surface area contributed by atoms with Crippen molar-refractivity contribution >= 4 is 23.4 Å². The summed E-state index contributed by atoms with van der Waals surface area (Å²) in [5.41, 5.74) is 0.969. The molecule has 0 aliphatic rings. The van der Waals surface area contributed by atoms with Gasteiger partial charge in [-0.05, 0) is 63.2 Å². The van der Waals surface area contributed by atoms with Crippen molar-refractivity contribution in [3.8, 4) is 0 Å². The summed E-state index contributed by atoms with van der Waals surface area (Å²) in [6, 6.07) is 2.07. The van der Waals surface area contributed by atoms with Gasteiger partial charge in [-0.15, -0.1) is 11.3 Å². The van der Waals surface area contributed by atoms with E-state index in [4.69, 9.17) is 5.11 Å². The van der Waals surface area contributed by atoms with E-state index >= 15 is 0 Å². The number of aliphatic carboxylic acids is 1. The number of hydrogen-bond acceptors (Lipinski definition) is 4. The Balaban J connectivity index is 2.47. The normalized spacial score (nSPS) is 11.8. The molecule has 1 heterocycles. The van der Waals surface area contributed by atoms with Crippen molar-refractivity contribution < 1.29 is 9.90 Å². The molecule has 0 aliphatic carbocycles. The highest BCUT2D eigenvalue weighted by atomic mass is 32.1. The van der Waals surface area contributed by atoms with Gasteiger partial charge < -0.3 is 10.0 Å². The molecular weight excluding hydrogens is 272 g/mol. The molecule has 1 N–H and O–H groups in total. The largest absolute Gasteiger partial charge is 0.478 e. The zero-order valence-corrected chi connectivity index (χ0v) is 13.3. The zero-order chi connectivity index (χ0) is 15.0. The van der Waals surface area contributed by atoms with Crippen molar-refractivity contribution in [1.29, 1.82) is 0 Å². The van der Waals surface area contributed by atoms with Gasteiger partial charge in [0, 0.05) is 17.5 Å². The quantitative estimate of drug-likeness (QED) is 0.711. The van der Waals surface area contributed by atoms with Gasteiger partial charge >= 0.3 is 5.97 Å². The first-order valence-corrected chi connectivity index (χ1v) is 7.74. The van der Waals surface area contributed by atoms with Crippen LogP contribution < -0.4 is 0 Å². The summed E-state index contributed by atoms with van der Waals surface area (Å²) in [6.07, 6.45) is 3.99. The molecule has 0 spiro atoms. The smallest absolute Gasteiger partial charge is 0.328 e. The molecule has 0 radical (unpaired) electrons. The van der Waals surface area contributed by atoms with E-state index in [2.05, 4.69) is 36.9 Å². The molecule has 20 heavy (non-hydrogen) atoms. The van der Waals surface area contributed by atoms with Crippen molar-refractivity contribution in [1.82, 2.24) is 9.80 Å². The highest BCUT2D eigenvalue weighted by molar-refractivity contribution is 7.10. The molecule has 0 saturated carbocycles. The summed E-state index contributed by atoms with van der Waals surface area (Å²) in [6.45, 7) is 6.34. The van der Waals surface area contributed by atoms with E-state index in [1.165, 1.54) is 11.0 Å². The highest BCUT2D eigenvalue weighted by Crippen LogP contribution is 2.18. The highest BCUT2D eigenvalue weighted by Gasteiger charge is 2.06. The van der Waals surface area contributed by atoms with Gasteiger partial charge in [0.25, 0.3) is 0 Å². The van der Waals surface area contributed by atoms with E-state index in [9.17, 15) is 4.79 Å². The third-order valence-corrected chi connectivity index (χ3v) is 3.94.